The number of nitrogens with one attached hydrogen (secondary N) is 2. The molecule has 3 fully saturated rings. The number of likely N-dealkylation sites (tertiary alicyclic amines) is 1. The fraction of sp³-hybridized carbons (Fsp3) is 0.500. The highest BCUT2D eigenvalue weighted by Crippen LogP contribution is 2.46. The van der Waals surface area contributed by atoms with Gasteiger partial charge in [0.2, 0.25) is 11.9 Å². The highest BCUT2D eigenvalue weighted by molar-refractivity contribution is 7.19. The molecule has 3 aliphatic heterocycles. The summed E-state index contributed by atoms with van der Waals surface area (Å²) in [5.41, 5.74) is 6.46. The molecule has 0 radical (unpaired) electrons. The van der Waals surface area contributed by atoms with Crippen molar-refractivity contribution in [2.75, 3.05) is 26.2 Å². The van der Waals surface area contributed by atoms with Crippen LogP contribution in [0.2, 0.25) is 0 Å². The molecule has 0 saturated carbocycles. The van der Waals surface area contributed by atoms with E-state index < -0.39 is 11.5 Å². The van der Waals surface area contributed by atoms with Gasteiger partial charge in [-0.15, -0.1) is 11.3 Å². The molecule has 264 valence electrons. The second-order valence-corrected chi connectivity index (χ2v) is 16.1. The Labute approximate surface area is 299 Å². The molecule has 0 spiro atoms. The van der Waals surface area contributed by atoms with Gasteiger partial charge in [-0.2, -0.15) is 0 Å². The summed E-state index contributed by atoms with van der Waals surface area (Å²) in [4.78, 5) is 46.5. The molecule has 9 nitrogen and oxygen atoms in total. The summed E-state index contributed by atoms with van der Waals surface area (Å²) in [6.45, 7) is 14.8. The third kappa shape index (κ3) is 6.54. The lowest BCUT2D eigenvalue weighted by atomic mass is 9.88. The molecule has 6 heterocycles. The summed E-state index contributed by atoms with van der Waals surface area (Å²) in [5, 5.41) is 4.11. The molecule has 0 aliphatic carbocycles. The molecule has 1 aromatic carbocycles. The average Bonchev–Trinajstić information content (AvgIpc) is 3.93. The van der Waals surface area contributed by atoms with E-state index in [1.54, 1.807) is 18.3 Å². The average molecular weight is 695 g/mol. The number of aromatic nitrogens is 2. The topological polar surface area (TPSA) is 103 Å². The first-order valence-corrected chi connectivity index (χ1v) is 19.1. The number of aryl methyl sites for hydroxylation is 2. The SMILES string of the molecule is CCOC(=O)NC(=NCC(C)c1c(-c2cc(C)cc(C)c2)[nH]c2sc(C(C)(C)C(=O)N3C4CCC3CC4)cc12)N1CCC(c2ccncc2)C1. The van der Waals surface area contributed by atoms with Crippen LogP contribution in [-0.4, -0.2) is 76.1 Å². The van der Waals surface area contributed by atoms with E-state index in [1.165, 1.54) is 22.3 Å². The number of H-pyrrole nitrogens is 1. The molecule has 2 atom stereocenters. The lowest BCUT2D eigenvalue weighted by Gasteiger charge is -2.31. The van der Waals surface area contributed by atoms with Gasteiger partial charge in [0.05, 0.1) is 17.7 Å². The molecular formula is C40H50N6O3S. The number of pyridine rings is 1. The monoisotopic (exact) mass is 694 g/mol. The van der Waals surface area contributed by atoms with Crippen LogP contribution in [0.25, 0.3) is 21.5 Å². The Morgan fingerprint density at radius 3 is 2.40 bits per heavy atom. The van der Waals surface area contributed by atoms with Crippen molar-refractivity contribution in [3.05, 3.63) is 75.9 Å². The minimum absolute atomic E-state index is 0.00727. The van der Waals surface area contributed by atoms with Crippen LogP contribution >= 0.6 is 11.3 Å². The Morgan fingerprint density at radius 2 is 1.74 bits per heavy atom. The molecular weight excluding hydrogens is 645 g/mol. The van der Waals surface area contributed by atoms with Crippen LogP contribution in [-0.2, 0) is 14.9 Å². The van der Waals surface area contributed by atoms with Gasteiger partial charge in [-0.3, -0.25) is 20.1 Å². The number of fused-ring (bicyclic) bond motifs is 3. The number of rotatable bonds is 8. The van der Waals surface area contributed by atoms with E-state index in [1.807, 2.05) is 12.4 Å². The Bertz CT molecular complexity index is 1870. The van der Waals surface area contributed by atoms with Crippen LogP contribution in [0.5, 0.6) is 0 Å². The van der Waals surface area contributed by atoms with Crippen molar-refractivity contribution in [1.29, 1.82) is 0 Å². The number of aromatic amines is 1. The van der Waals surface area contributed by atoms with E-state index in [0.717, 1.165) is 71.5 Å². The van der Waals surface area contributed by atoms with E-state index in [0.29, 0.717) is 30.5 Å². The Morgan fingerprint density at radius 1 is 1.06 bits per heavy atom. The van der Waals surface area contributed by atoms with Crippen LogP contribution < -0.4 is 5.32 Å². The highest BCUT2D eigenvalue weighted by atomic mass is 32.1. The first-order chi connectivity index (χ1) is 24.0. The van der Waals surface area contributed by atoms with Crippen molar-refractivity contribution < 1.29 is 14.3 Å². The largest absolute Gasteiger partial charge is 0.450 e. The van der Waals surface area contributed by atoms with Crippen molar-refractivity contribution >= 4 is 39.5 Å². The number of aliphatic imine (C=N–C) groups is 1. The van der Waals surface area contributed by atoms with Gasteiger partial charge < -0.3 is 19.5 Å². The van der Waals surface area contributed by atoms with Gasteiger partial charge in [-0.25, -0.2) is 4.79 Å². The van der Waals surface area contributed by atoms with Crippen molar-refractivity contribution in [2.45, 2.75) is 103 Å². The smallest absolute Gasteiger partial charge is 0.413 e. The van der Waals surface area contributed by atoms with Crippen LogP contribution in [0.4, 0.5) is 4.79 Å². The predicted molar refractivity (Wildman–Crippen MR) is 201 cm³/mol. The fourth-order valence-electron chi connectivity index (χ4n) is 8.49. The number of hydrogen-bond acceptors (Lipinski definition) is 6. The summed E-state index contributed by atoms with van der Waals surface area (Å²) in [6.07, 6.45) is 8.67. The summed E-state index contributed by atoms with van der Waals surface area (Å²) in [7, 11) is 0. The van der Waals surface area contributed by atoms with E-state index in [-0.39, 0.29) is 18.4 Å². The molecule has 2 amide bonds. The van der Waals surface area contributed by atoms with Crippen LogP contribution in [0.15, 0.2) is 53.8 Å². The molecule has 4 aromatic rings. The van der Waals surface area contributed by atoms with E-state index in [9.17, 15) is 9.59 Å². The molecule has 2 N–H and O–H groups in total. The Hall–Kier alpha value is -4.18. The van der Waals surface area contributed by atoms with Gasteiger partial charge >= 0.3 is 6.09 Å². The van der Waals surface area contributed by atoms with Gasteiger partial charge in [0.15, 0.2) is 0 Å². The van der Waals surface area contributed by atoms with E-state index in [4.69, 9.17) is 9.73 Å². The number of thiophene rings is 1. The van der Waals surface area contributed by atoms with Crippen LogP contribution in [0, 0.1) is 13.8 Å². The number of hydrogen-bond donors (Lipinski definition) is 2. The minimum atomic E-state index is -0.619. The Kier molecular flexibility index (Phi) is 9.50. The standard InChI is InChI=1S/C40H50N6O3S/c1-7-49-39(48)44-38(45-17-14-28(23-45)27-12-15-41-16-13-27)42-22-26(4)34-32-21-33(40(5,6)37(47)46-30-8-9-31(46)11-10-30)50-36(32)43-35(34)29-19-24(2)18-25(3)20-29/h12-13,15-16,18-21,26,28,30-31,43H,7-11,14,17,22-23H2,1-6H3,(H,42,44,48). The maximum Gasteiger partial charge on any atom is 0.413 e. The second-order valence-electron chi connectivity index (χ2n) is 15.1. The van der Waals surface area contributed by atoms with Crippen molar-refractivity contribution in [1.82, 2.24) is 25.1 Å². The first kappa shape index (κ1) is 34.3. The first-order valence-electron chi connectivity index (χ1n) is 18.2. The zero-order valence-electron chi connectivity index (χ0n) is 30.2. The molecule has 2 unspecified atom stereocenters. The molecule has 10 heteroatoms. The zero-order valence-corrected chi connectivity index (χ0v) is 31.0. The third-order valence-corrected chi connectivity index (χ3v) is 12.4. The summed E-state index contributed by atoms with van der Waals surface area (Å²) in [5.74, 6) is 1.14. The number of benzene rings is 1. The number of guanidine groups is 1. The predicted octanol–water partition coefficient (Wildman–Crippen LogP) is 8.03. The summed E-state index contributed by atoms with van der Waals surface area (Å²) in [6, 6.07) is 13.8. The van der Waals surface area contributed by atoms with Gasteiger partial charge in [0, 0.05) is 66.2 Å². The van der Waals surface area contributed by atoms with Crippen molar-refractivity contribution in [2.24, 2.45) is 4.99 Å². The quantitative estimate of drug-likeness (QED) is 0.144. The minimum Gasteiger partial charge on any atom is -0.450 e. The van der Waals surface area contributed by atoms with Gasteiger partial charge in [-0.1, -0.05) is 24.1 Å². The van der Waals surface area contributed by atoms with Gasteiger partial charge in [0.1, 0.15) is 4.83 Å². The molecule has 3 saturated heterocycles. The van der Waals surface area contributed by atoms with E-state index in [2.05, 4.69) is 96.1 Å². The number of ether oxygens (including phenoxy) is 1. The zero-order chi connectivity index (χ0) is 35.2. The number of alkyl carbamates (subject to hydrolysis) is 1. The van der Waals surface area contributed by atoms with Crippen LogP contribution in [0.3, 0.4) is 0 Å². The van der Waals surface area contributed by atoms with Crippen LogP contribution in [0.1, 0.15) is 98.8 Å². The molecule has 3 aliphatic rings. The Balaban J connectivity index is 1.23. The summed E-state index contributed by atoms with van der Waals surface area (Å²) < 4.78 is 5.29. The number of carbonyl (C=O) groups excluding carboxylic acids is 2. The fourth-order valence-corrected chi connectivity index (χ4v) is 9.66. The number of carbonyl (C=O) groups is 2. The highest BCUT2D eigenvalue weighted by Gasteiger charge is 2.47. The lowest BCUT2D eigenvalue weighted by Crippen LogP contribution is -2.45. The third-order valence-electron chi connectivity index (χ3n) is 11.0. The van der Waals surface area contributed by atoms with Crippen molar-refractivity contribution in [3.63, 3.8) is 0 Å². The van der Waals surface area contributed by atoms with Crippen molar-refractivity contribution in [3.8, 4) is 11.3 Å². The molecule has 3 aromatic heterocycles. The normalized spacial score (nSPS) is 21.3. The maximum absolute atomic E-state index is 14.1. The number of amides is 2. The van der Waals surface area contributed by atoms with Gasteiger partial charge in [-0.05, 0) is 114 Å². The van der Waals surface area contributed by atoms with Gasteiger partial charge in [0.25, 0.3) is 0 Å². The second kappa shape index (κ2) is 13.9. The maximum atomic E-state index is 14.1. The molecule has 7 rings (SSSR count). The van der Waals surface area contributed by atoms with E-state index >= 15 is 0 Å². The number of nitrogens with zero attached hydrogens (tertiary/aromatic N) is 4. The summed E-state index contributed by atoms with van der Waals surface area (Å²) >= 11 is 1.70. The molecule has 2 bridgehead atoms. The molecule has 50 heavy (non-hydrogen) atoms. The lowest BCUT2D eigenvalue weighted by molar-refractivity contribution is -0.137.